The highest BCUT2D eigenvalue weighted by Crippen LogP contribution is 2.21. The molecule has 6 heteroatoms. The Morgan fingerprint density at radius 1 is 1.36 bits per heavy atom. The van der Waals surface area contributed by atoms with Crippen LogP contribution < -0.4 is 10.6 Å². The van der Waals surface area contributed by atoms with Gasteiger partial charge in [-0.05, 0) is 31.5 Å². The van der Waals surface area contributed by atoms with Crippen LogP contribution in [-0.2, 0) is 9.53 Å². The maximum atomic E-state index is 12.3. The fraction of sp³-hybridized carbons (Fsp3) is 0.500. The minimum atomic E-state index is -0.141. The van der Waals surface area contributed by atoms with E-state index in [2.05, 4.69) is 10.6 Å². The number of anilines is 2. The highest BCUT2D eigenvalue weighted by molar-refractivity contribution is 5.94. The molecule has 0 spiro atoms. The fourth-order valence-corrected chi connectivity index (χ4v) is 2.28. The van der Waals surface area contributed by atoms with Gasteiger partial charge in [0.1, 0.15) is 0 Å². The highest BCUT2D eigenvalue weighted by atomic mass is 16.5. The fourth-order valence-electron chi connectivity index (χ4n) is 2.28. The van der Waals surface area contributed by atoms with Crippen molar-refractivity contribution < 1.29 is 14.3 Å². The van der Waals surface area contributed by atoms with Crippen molar-refractivity contribution in [2.75, 3.05) is 30.3 Å². The van der Waals surface area contributed by atoms with Gasteiger partial charge in [-0.1, -0.05) is 13.0 Å². The third-order valence-corrected chi connectivity index (χ3v) is 3.61. The molecule has 120 valence electrons. The minimum Gasteiger partial charge on any atom is -0.375 e. The molecule has 0 aliphatic carbocycles. The molecule has 6 nitrogen and oxygen atoms in total. The van der Waals surface area contributed by atoms with Crippen LogP contribution in [0.4, 0.5) is 16.2 Å². The van der Waals surface area contributed by atoms with E-state index in [0.717, 1.165) is 5.56 Å². The first kappa shape index (κ1) is 16.3. The number of urea groups is 1. The quantitative estimate of drug-likeness (QED) is 0.901. The second kappa shape index (κ2) is 7.26. The van der Waals surface area contributed by atoms with Crippen molar-refractivity contribution in [2.24, 2.45) is 0 Å². The molecule has 1 fully saturated rings. The van der Waals surface area contributed by atoms with Gasteiger partial charge in [0.25, 0.3) is 0 Å². The van der Waals surface area contributed by atoms with Crippen LogP contribution in [-0.4, -0.2) is 42.6 Å². The summed E-state index contributed by atoms with van der Waals surface area (Å²) in [5.74, 6) is -0.0527. The Morgan fingerprint density at radius 3 is 2.82 bits per heavy atom. The van der Waals surface area contributed by atoms with Crippen LogP contribution in [0, 0.1) is 6.92 Å². The molecule has 1 atom stereocenters. The van der Waals surface area contributed by atoms with E-state index in [1.54, 1.807) is 17.9 Å². The average Bonchev–Trinajstić information content (AvgIpc) is 2.50. The summed E-state index contributed by atoms with van der Waals surface area (Å²) >= 11 is 0. The summed E-state index contributed by atoms with van der Waals surface area (Å²) in [6.45, 7) is 7.39. The Kier molecular flexibility index (Phi) is 5.38. The summed E-state index contributed by atoms with van der Waals surface area (Å²) in [6, 6.07) is 5.35. The number of hydrogen-bond acceptors (Lipinski definition) is 3. The number of carbonyl (C=O) groups is 2. The lowest BCUT2D eigenvalue weighted by Crippen LogP contribution is -2.46. The molecule has 0 unspecified atom stereocenters. The third kappa shape index (κ3) is 4.21. The van der Waals surface area contributed by atoms with Crippen molar-refractivity contribution in [3.8, 4) is 0 Å². The van der Waals surface area contributed by atoms with Crippen LogP contribution in [0.15, 0.2) is 18.2 Å². The number of rotatable bonds is 3. The van der Waals surface area contributed by atoms with Crippen molar-refractivity contribution in [3.05, 3.63) is 23.8 Å². The highest BCUT2D eigenvalue weighted by Gasteiger charge is 2.21. The first-order valence-corrected chi connectivity index (χ1v) is 7.57. The number of benzene rings is 1. The lowest BCUT2D eigenvalue weighted by molar-refractivity contribution is -0.115. The van der Waals surface area contributed by atoms with Gasteiger partial charge in [-0.2, -0.15) is 0 Å². The van der Waals surface area contributed by atoms with E-state index in [0.29, 0.717) is 37.5 Å². The monoisotopic (exact) mass is 305 g/mol. The summed E-state index contributed by atoms with van der Waals surface area (Å²) < 4.78 is 5.44. The second-order valence-corrected chi connectivity index (χ2v) is 5.49. The van der Waals surface area contributed by atoms with Crippen molar-refractivity contribution in [3.63, 3.8) is 0 Å². The molecule has 0 saturated carbocycles. The summed E-state index contributed by atoms with van der Waals surface area (Å²) in [5.41, 5.74) is 2.34. The molecule has 0 radical (unpaired) electrons. The molecule has 3 amide bonds. The number of nitrogens with one attached hydrogen (secondary N) is 2. The van der Waals surface area contributed by atoms with E-state index in [4.69, 9.17) is 4.74 Å². The number of morpholine rings is 1. The van der Waals surface area contributed by atoms with Gasteiger partial charge in [0.05, 0.1) is 12.7 Å². The standard InChI is InChI=1S/C16H23N3O3/c1-4-15(20)17-13-6-5-11(2)14(9-13)18-16(21)19-7-8-22-12(3)10-19/h5-6,9,12H,4,7-8,10H2,1-3H3,(H,17,20)(H,18,21)/t12-/m0/s1. The van der Waals surface area contributed by atoms with Gasteiger partial charge in [0.15, 0.2) is 0 Å². The number of ether oxygens (including phenoxy) is 1. The summed E-state index contributed by atoms with van der Waals surface area (Å²) in [6.07, 6.45) is 0.470. The molecule has 1 aromatic rings. The van der Waals surface area contributed by atoms with E-state index < -0.39 is 0 Å². The van der Waals surface area contributed by atoms with Crippen molar-refractivity contribution in [1.29, 1.82) is 0 Å². The summed E-state index contributed by atoms with van der Waals surface area (Å²) in [7, 11) is 0. The topological polar surface area (TPSA) is 70.7 Å². The molecular weight excluding hydrogens is 282 g/mol. The molecule has 2 rings (SSSR count). The number of nitrogens with zero attached hydrogens (tertiary/aromatic N) is 1. The van der Waals surface area contributed by atoms with E-state index in [9.17, 15) is 9.59 Å². The number of hydrogen-bond donors (Lipinski definition) is 2. The predicted octanol–water partition coefficient (Wildman–Crippen LogP) is 2.60. The summed E-state index contributed by atoms with van der Waals surface area (Å²) in [5, 5.41) is 5.71. The molecule has 22 heavy (non-hydrogen) atoms. The van der Waals surface area contributed by atoms with Gasteiger partial charge >= 0.3 is 6.03 Å². The molecule has 0 bridgehead atoms. The normalized spacial score (nSPS) is 18.0. The molecular formula is C16H23N3O3. The third-order valence-electron chi connectivity index (χ3n) is 3.61. The first-order valence-electron chi connectivity index (χ1n) is 7.57. The van der Waals surface area contributed by atoms with Crippen molar-refractivity contribution in [1.82, 2.24) is 4.90 Å². The zero-order chi connectivity index (χ0) is 16.1. The number of carbonyl (C=O) groups excluding carboxylic acids is 2. The van der Waals surface area contributed by atoms with Crippen LogP contribution in [0.25, 0.3) is 0 Å². The molecule has 1 aliphatic rings. The molecule has 1 saturated heterocycles. The van der Waals surface area contributed by atoms with Gasteiger partial charge in [-0.25, -0.2) is 4.79 Å². The van der Waals surface area contributed by atoms with Crippen LogP contribution in [0.2, 0.25) is 0 Å². The number of amides is 3. The Balaban J connectivity index is 2.06. The van der Waals surface area contributed by atoms with Gasteiger partial charge in [0, 0.05) is 30.9 Å². The Bertz CT molecular complexity index is 560. The van der Waals surface area contributed by atoms with Gasteiger partial charge < -0.3 is 20.3 Å². The lowest BCUT2D eigenvalue weighted by Gasteiger charge is -2.31. The van der Waals surface area contributed by atoms with Gasteiger partial charge in [0.2, 0.25) is 5.91 Å². The lowest BCUT2D eigenvalue weighted by atomic mass is 10.1. The Hall–Kier alpha value is -2.08. The van der Waals surface area contributed by atoms with Crippen LogP contribution in [0.5, 0.6) is 0 Å². The van der Waals surface area contributed by atoms with Gasteiger partial charge in [-0.15, -0.1) is 0 Å². The smallest absolute Gasteiger partial charge is 0.322 e. The first-order chi connectivity index (χ1) is 10.5. The van der Waals surface area contributed by atoms with Crippen LogP contribution in [0.1, 0.15) is 25.8 Å². The summed E-state index contributed by atoms with van der Waals surface area (Å²) in [4.78, 5) is 25.5. The largest absolute Gasteiger partial charge is 0.375 e. The maximum absolute atomic E-state index is 12.3. The van der Waals surface area contributed by atoms with Crippen LogP contribution >= 0.6 is 0 Å². The zero-order valence-corrected chi connectivity index (χ0v) is 13.3. The van der Waals surface area contributed by atoms with Gasteiger partial charge in [-0.3, -0.25) is 4.79 Å². The molecule has 1 aliphatic heterocycles. The van der Waals surface area contributed by atoms with E-state index >= 15 is 0 Å². The predicted molar refractivity (Wildman–Crippen MR) is 86.1 cm³/mol. The Labute approximate surface area is 130 Å². The molecule has 1 aromatic carbocycles. The Morgan fingerprint density at radius 2 is 2.14 bits per heavy atom. The van der Waals surface area contributed by atoms with Crippen LogP contribution in [0.3, 0.4) is 0 Å². The second-order valence-electron chi connectivity index (χ2n) is 5.49. The number of aryl methyl sites for hydroxylation is 1. The van der Waals surface area contributed by atoms with Crippen molar-refractivity contribution >= 4 is 23.3 Å². The van der Waals surface area contributed by atoms with E-state index in [1.807, 2.05) is 26.0 Å². The molecule has 0 aromatic heterocycles. The maximum Gasteiger partial charge on any atom is 0.322 e. The average molecular weight is 305 g/mol. The van der Waals surface area contributed by atoms with E-state index in [-0.39, 0.29) is 18.0 Å². The van der Waals surface area contributed by atoms with Crippen molar-refractivity contribution in [2.45, 2.75) is 33.3 Å². The van der Waals surface area contributed by atoms with E-state index in [1.165, 1.54) is 0 Å². The molecule has 1 heterocycles. The SMILES string of the molecule is CCC(=O)Nc1ccc(C)c(NC(=O)N2CCO[C@@H](C)C2)c1. The minimum absolute atomic E-state index is 0.0516. The zero-order valence-electron chi connectivity index (χ0n) is 13.3. The molecule has 2 N–H and O–H groups in total.